The summed E-state index contributed by atoms with van der Waals surface area (Å²) in [6.07, 6.45) is -8.42. The van der Waals surface area contributed by atoms with Gasteiger partial charge in [-0.15, -0.1) is 0 Å². The number of H-pyrrole nitrogens is 1. The second kappa shape index (κ2) is 4.75. The van der Waals surface area contributed by atoms with Gasteiger partial charge in [-0.3, -0.25) is 4.79 Å². The Morgan fingerprint density at radius 3 is 2.33 bits per heavy atom. The molecular weight excluding hydrogens is 265 g/mol. The minimum absolute atomic E-state index is 0.0122. The van der Waals surface area contributed by atoms with Crippen molar-refractivity contribution in [3.63, 3.8) is 0 Å². The van der Waals surface area contributed by atoms with Crippen LogP contribution in [0.4, 0.5) is 22.0 Å². The SMILES string of the molecule is COC(=O)c1c(C(F)(F)F)cc(C(F)F)[nH]c1=O. The summed E-state index contributed by atoms with van der Waals surface area (Å²) in [5.41, 5.74) is -5.91. The van der Waals surface area contributed by atoms with Gasteiger partial charge in [0.2, 0.25) is 0 Å². The van der Waals surface area contributed by atoms with E-state index in [9.17, 15) is 31.5 Å². The average Bonchev–Trinajstić information content (AvgIpc) is 2.25. The molecule has 0 saturated heterocycles. The number of pyridine rings is 1. The summed E-state index contributed by atoms with van der Waals surface area (Å²) >= 11 is 0. The van der Waals surface area contributed by atoms with Crippen molar-refractivity contribution < 1.29 is 31.5 Å². The van der Waals surface area contributed by atoms with Gasteiger partial charge in [-0.2, -0.15) is 13.2 Å². The van der Waals surface area contributed by atoms with Gasteiger partial charge >= 0.3 is 12.1 Å². The third kappa shape index (κ3) is 2.66. The summed E-state index contributed by atoms with van der Waals surface area (Å²) in [7, 11) is 0.767. The molecule has 0 radical (unpaired) electrons. The Morgan fingerprint density at radius 2 is 1.94 bits per heavy atom. The molecule has 0 aromatic carbocycles. The van der Waals surface area contributed by atoms with E-state index in [4.69, 9.17) is 0 Å². The normalized spacial score (nSPS) is 11.7. The molecule has 9 heteroatoms. The molecule has 0 atom stereocenters. The molecule has 0 bridgehead atoms. The smallest absolute Gasteiger partial charge is 0.417 e. The molecule has 0 spiro atoms. The van der Waals surface area contributed by atoms with Crippen LogP contribution in [0, 0.1) is 0 Å². The number of aromatic nitrogens is 1. The van der Waals surface area contributed by atoms with E-state index in [1.54, 1.807) is 0 Å². The first-order valence-corrected chi connectivity index (χ1v) is 4.39. The summed E-state index contributed by atoms with van der Waals surface area (Å²) in [4.78, 5) is 23.8. The lowest BCUT2D eigenvalue weighted by Gasteiger charge is -2.12. The second-order valence-electron chi connectivity index (χ2n) is 3.13. The van der Waals surface area contributed by atoms with Crippen LogP contribution in [0.15, 0.2) is 10.9 Å². The number of ether oxygens (including phenoxy) is 1. The summed E-state index contributed by atoms with van der Waals surface area (Å²) in [5, 5.41) is 0. The van der Waals surface area contributed by atoms with Crippen LogP contribution in [-0.4, -0.2) is 18.1 Å². The lowest BCUT2D eigenvalue weighted by Crippen LogP contribution is -2.26. The van der Waals surface area contributed by atoms with E-state index in [1.807, 2.05) is 0 Å². The van der Waals surface area contributed by atoms with Crippen LogP contribution in [0.2, 0.25) is 0 Å². The van der Waals surface area contributed by atoms with Gasteiger partial charge in [0.05, 0.1) is 18.4 Å². The largest absolute Gasteiger partial charge is 0.465 e. The summed E-state index contributed by atoms with van der Waals surface area (Å²) in [5.74, 6) is -1.55. The molecule has 0 aliphatic rings. The zero-order valence-electron chi connectivity index (χ0n) is 8.77. The van der Waals surface area contributed by atoms with Gasteiger partial charge in [-0.05, 0) is 6.07 Å². The maximum absolute atomic E-state index is 12.6. The Hall–Kier alpha value is -1.93. The molecule has 1 heterocycles. The number of carbonyl (C=O) groups excluding carboxylic acids is 1. The average molecular weight is 271 g/mol. The molecule has 0 saturated carbocycles. The van der Waals surface area contributed by atoms with Gasteiger partial charge in [-0.1, -0.05) is 0 Å². The monoisotopic (exact) mass is 271 g/mol. The van der Waals surface area contributed by atoms with Crippen LogP contribution in [0.3, 0.4) is 0 Å². The van der Waals surface area contributed by atoms with Crippen molar-refractivity contribution in [3.8, 4) is 0 Å². The third-order valence-electron chi connectivity index (χ3n) is 1.98. The van der Waals surface area contributed by atoms with Crippen molar-refractivity contribution in [1.82, 2.24) is 4.98 Å². The molecule has 0 aliphatic carbocycles. The van der Waals surface area contributed by atoms with Crippen molar-refractivity contribution in [1.29, 1.82) is 0 Å². The molecule has 100 valence electrons. The van der Waals surface area contributed by atoms with E-state index >= 15 is 0 Å². The minimum Gasteiger partial charge on any atom is -0.465 e. The number of methoxy groups -OCH3 is 1. The number of rotatable bonds is 2. The topological polar surface area (TPSA) is 59.2 Å². The summed E-state index contributed by atoms with van der Waals surface area (Å²) in [6, 6.07) is 0.0122. The fourth-order valence-corrected chi connectivity index (χ4v) is 1.23. The zero-order chi connectivity index (χ0) is 14.1. The number of halogens is 5. The van der Waals surface area contributed by atoms with Gasteiger partial charge in [-0.25, -0.2) is 13.6 Å². The molecule has 0 aliphatic heterocycles. The number of nitrogens with one attached hydrogen (secondary N) is 1. The van der Waals surface area contributed by atoms with Crippen molar-refractivity contribution in [3.05, 3.63) is 33.2 Å². The van der Waals surface area contributed by atoms with Crippen LogP contribution >= 0.6 is 0 Å². The number of alkyl halides is 5. The Bertz CT molecular complexity index is 520. The first-order chi connectivity index (χ1) is 8.18. The Labute approximate surface area is 96.4 Å². The van der Waals surface area contributed by atoms with Gasteiger partial charge in [0.1, 0.15) is 5.56 Å². The van der Waals surface area contributed by atoms with Crippen molar-refractivity contribution in [2.24, 2.45) is 0 Å². The van der Waals surface area contributed by atoms with E-state index < -0.39 is 41.0 Å². The third-order valence-corrected chi connectivity index (χ3v) is 1.98. The summed E-state index contributed by atoms with van der Waals surface area (Å²) in [6.45, 7) is 0. The van der Waals surface area contributed by atoms with Crippen LogP contribution in [0.5, 0.6) is 0 Å². The van der Waals surface area contributed by atoms with Gasteiger partial charge in [0, 0.05) is 0 Å². The molecule has 1 N–H and O–H groups in total. The summed E-state index contributed by atoms with van der Waals surface area (Å²) < 4.78 is 66.2. The van der Waals surface area contributed by atoms with Crippen LogP contribution < -0.4 is 5.56 Å². The van der Waals surface area contributed by atoms with E-state index in [0.717, 1.165) is 7.11 Å². The Kier molecular flexibility index (Phi) is 3.73. The van der Waals surface area contributed by atoms with E-state index in [1.165, 1.54) is 4.98 Å². The van der Waals surface area contributed by atoms with Gasteiger partial charge in [0.15, 0.2) is 0 Å². The van der Waals surface area contributed by atoms with Crippen molar-refractivity contribution >= 4 is 5.97 Å². The lowest BCUT2D eigenvalue weighted by atomic mass is 10.1. The number of hydrogen-bond donors (Lipinski definition) is 1. The second-order valence-corrected chi connectivity index (χ2v) is 3.13. The fourth-order valence-electron chi connectivity index (χ4n) is 1.23. The number of carbonyl (C=O) groups is 1. The van der Waals surface area contributed by atoms with E-state index in [2.05, 4.69) is 4.74 Å². The molecule has 1 aromatic rings. The highest BCUT2D eigenvalue weighted by Crippen LogP contribution is 2.32. The van der Waals surface area contributed by atoms with Crippen LogP contribution in [-0.2, 0) is 10.9 Å². The maximum atomic E-state index is 12.6. The molecule has 0 unspecified atom stereocenters. The number of esters is 1. The molecule has 0 amide bonds. The predicted octanol–water partition coefficient (Wildman–Crippen LogP) is 2.12. The highest BCUT2D eigenvalue weighted by Gasteiger charge is 2.38. The first kappa shape index (κ1) is 14.1. The minimum atomic E-state index is -5.12. The molecular formula is C9H6F5NO3. The lowest BCUT2D eigenvalue weighted by molar-refractivity contribution is -0.138. The molecule has 4 nitrogen and oxygen atoms in total. The highest BCUT2D eigenvalue weighted by molar-refractivity contribution is 5.90. The van der Waals surface area contributed by atoms with Crippen LogP contribution in [0.25, 0.3) is 0 Å². The maximum Gasteiger partial charge on any atom is 0.417 e. The van der Waals surface area contributed by atoms with Gasteiger partial charge in [0.25, 0.3) is 12.0 Å². The van der Waals surface area contributed by atoms with Gasteiger partial charge < -0.3 is 9.72 Å². The predicted molar refractivity (Wildman–Crippen MR) is 48.4 cm³/mol. The van der Waals surface area contributed by atoms with Crippen LogP contribution in [0.1, 0.15) is 28.0 Å². The molecule has 1 rings (SSSR count). The zero-order valence-corrected chi connectivity index (χ0v) is 8.77. The Morgan fingerprint density at radius 1 is 1.39 bits per heavy atom. The van der Waals surface area contributed by atoms with E-state index in [0.29, 0.717) is 0 Å². The molecule has 18 heavy (non-hydrogen) atoms. The number of hydrogen-bond acceptors (Lipinski definition) is 3. The molecule has 1 aromatic heterocycles. The van der Waals surface area contributed by atoms with Crippen molar-refractivity contribution in [2.75, 3.05) is 7.11 Å². The number of aromatic amines is 1. The fraction of sp³-hybridized carbons (Fsp3) is 0.333. The van der Waals surface area contributed by atoms with E-state index in [-0.39, 0.29) is 6.07 Å². The quantitative estimate of drug-likeness (QED) is 0.662. The standard InChI is InChI=1S/C9H6F5NO3/c1-18-8(17)5-3(9(12,13)14)2-4(6(10)11)15-7(5)16/h2,6H,1H3,(H,15,16). The Balaban J connectivity index is 3.61. The first-order valence-electron chi connectivity index (χ1n) is 4.39. The van der Waals surface area contributed by atoms with Crippen molar-refractivity contribution in [2.45, 2.75) is 12.6 Å². The highest BCUT2D eigenvalue weighted by atomic mass is 19.4. The molecule has 0 fully saturated rings.